The maximum atomic E-state index is 11.5. The van der Waals surface area contributed by atoms with Crippen molar-refractivity contribution < 1.29 is 168 Å². The maximum absolute atomic E-state index is 11.5. The van der Waals surface area contributed by atoms with Crippen molar-refractivity contribution in [2.75, 3.05) is 46.2 Å². The number of aliphatic hydroxyl groups excluding tert-OH is 20. The minimum absolute atomic E-state index is 0.745. The van der Waals surface area contributed by atoms with Gasteiger partial charge < -0.3 is 168 Å². The Morgan fingerprint density at radius 2 is 0.392 bits per heavy atom. The summed E-state index contributed by atoms with van der Waals surface area (Å²) in [4.78, 5) is 2.64. The molecule has 0 radical (unpaired) electrons. The molecule has 21 rings (SSSR count). The second-order valence-electron chi connectivity index (χ2n) is 19.9. The standard InChI is InChI=1S/C42H69N3O34/c43-45-44-1-8-29-15(52)22(59)36(66-8)74-30-9(2-46)68-38(24(61)17(30)54)76-32-11(4-48)70-40(26(63)19(32)56)78-34-13(6-50)72-42(28(65)21(34)58)79-35-14(7-51)71-41(27(64)20(35)57)77-33-12(5-49)69-39(25(62)18(33)55)75-31-10(3-47)67-37(73-29)23(60)16(31)53/h8-42,46-65H,1-7H2/t8-,9-,10-,11-,12-,13-,14-,15-,16-,17-,18-,19-,20-,21-,22-,23-,24-,25-,26-,27-,28-,29-,30-,31-,32-,33-,34-,35-,36-,37-,38-,39-,40-,41-,42-/m1/s1. The van der Waals surface area contributed by atoms with E-state index in [-0.39, 0.29) is 0 Å². The smallest absolute Gasteiger partial charge is 0.187 e. The van der Waals surface area contributed by atoms with E-state index in [9.17, 15) is 108 Å². The Hall–Kier alpha value is -2.05. The monoisotopic (exact) mass is 1160 g/mol. The van der Waals surface area contributed by atoms with Gasteiger partial charge in [0.25, 0.3) is 0 Å². The average Bonchev–Trinajstić information content (AvgIpc) is 3.52. The first-order chi connectivity index (χ1) is 37.7. The lowest BCUT2D eigenvalue weighted by Gasteiger charge is -2.50. The molecule has 0 aromatic carbocycles. The fraction of sp³-hybridized carbons (Fsp3) is 1.00. The Balaban J connectivity index is 1.09. The third-order valence-electron chi connectivity index (χ3n) is 14.9. The highest BCUT2D eigenvalue weighted by molar-refractivity contribution is 5.02. The molecule has 0 spiro atoms. The van der Waals surface area contributed by atoms with Crippen LogP contribution in [0.4, 0.5) is 0 Å². The van der Waals surface area contributed by atoms with Crippen LogP contribution < -0.4 is 0 Å². The first-order valence-corrected chi connectivity index (χ1v) is 25.0. The van der Waals surface area contributed by atoms with Crippen molar-refractivity contribution in [3.8, 4) is 0 Å². The summed E-state index contributed by atoms with van der Waals surface area (Å²) in [6.45, 7) is -7.08. The van der Waals surface area contributed by atoms with Crippen LogP contribution in [0.1, 0.15) is 0 Å². The molecule has 21 saturated heterocycles. The largest absolute Gasteiger partial charge is 0.394 e. The molecule has 21 aliphatic rings. The van der Waals surface area contributed by atoms with Gasteiger partial charge in [-0.05, 0) is 5.53 Å². The van der Waals surface area contributed by atoms with E-state index < -0.39 is 261 Å². The first-order valence-electron chi connectivity index (χ1n) is 25.0. The zero-order chi connectivity index (χ0) is 57.5. The van der Waals surface area contributed by atoms with Crippen molar-refractivity contribution >= 4 is 0 Å². The van der Waals surface area contributed by atoms with Gasteiger partial charge in [0.2, 0.25) is 0 Å². The van der Waals surface area contributed by atoms with Gasteiger partial charge in [0, 0.05) is 4.91 Å². The molecule has 0 aromatic rings. The summed E-state index contributed by atoms with van der Waals surface area (Å²) in [5.74, 6) is 0. The topological polar surface area (TPSA) is 583 Å². The number of aliphatic hydroxyl groups is 20. The van der Waals surface area contributed by atoms with Crippen LogP contribution in [0.3, 0.4) is 0 Å². The lowest BCUT2D eigenvalue weighted by atomic mass is 9.95. The van der Waals surface area contributed by atoms with Gasteiger partial charge in [-0.2, -0.15) is 0 Å². The number of hydrogen-bond donors (Lipinski definition) is 20. The minimum atomic E-state index is -2.23. The lowest BCUT2D eigenvalue weighted by Crippen LogP contribution is -2.68. The Bertz CT molecular complexity index is 1960. The Labute approximate surface area is 444 Å². The molecule has 0 aromatic heterocycles. The van der Waals surface area contributed by atoms with Crippen molar-refractivity contribution in [1.82, 2.24) is 0 Å². The summed E-state index contributed by atoms with van der Waals surface area (Å²) in [7, 11) is 0. The van der Waals surface area contributed by atoms with E-state index in [1.165, 1.54) is 0 Å². The molecule has 21 aliphatic heterocycles. The average molecular weight is 1160 g/mol. The van der Waals surface area contributed by atoms with E-state index in [1.807, 2.05) is 0 Å². The molecule has 37 heteroatoms. The van der Waals surface area contributed by atoms with Gasteiger partial charge >= 0.3 is 0 Å². The third kappa shape index (κ3) is 12.5. The molecule has 35 atom stereocenters. The van der Waals surface area contributed by atoms with Crippen LogP contribution in [-0.2, 0) is 66.3 Å². The van der Waals surface area contributed by atoms with Crippen LogP contribution >= 0.6 is 0 Å². The van der Waals surface area contributed by atoms with Crippen LogP contribution in [0.2, 0.25) is 0 Å². The summed E-state index contributed by atoms with van der Waals surface area (Å²) in [5.41, 5.74) is 9.19. The van der Waals surface area contributed by atoms with Crippen molar-refractivity contribution in [2.24, 2.45) is 5.11 Å². The van der Waals surface area contributed by atoms with E-state index in [4.69, 9.17) is 66.3 Å². The lowest BCUT2D eigenvalue weighted by molar-refractivity contribution is -0.396. The van der Waals surface area contributed by atoms with Crippen molar-refractivity contribution in [3.05, 3.63) is 10.4 Å². The van der Waals surface area contributed by atoms with Gasteiger partial charge in [0.15, 0.2) is 44.0 Å². The van der Waals surface area contributed by atoms with Crippen LogP contribution in [0.25, 0.3) is 10.4 Å². The van der Waals surface area contributed by atoms with E-state index in [1.54, 1.807) is 0 Å². The SMILES string of the molecule is [N-]=[N+]=NC[C@H]1O[C@@H]2O[C@H]3[C@H](O)[C@@H](O)[C@@H](O[C@H]4[C@H](O)[C@@H](O)[C@@H](O[C@H]5[C@H](O)[C@@H](O)[C@@H](O[C@H]6[C@H](O)[C@@H](O)[C@@H](O[C@H]7[C@H](O)[C@@H](O)[C@@H](O[C@H]8[C@H](O)[C@@H](O)[C@@H](O[C@H]1[C@H](O)[C@H]2O)O[C@@H]8CO)O[C@@H]7CO)O[C@@H]6CO)O[C@@H]5CO)O[C@@H]4CO)O[C@@H]3CO. The third-order valence-corrected chi connectivity index (χ3v) is 14.9. The van der Waals surface area contributed by atoms with Gasteiger partial charge in [0.05, 0.1) is 52.3 Å². The highest BCUT2D eigenvalue weighted by Gasteiger charge is 2.59. The molecule has 21 fully saturated rings. The van der Waals surface area contributed by atoms with Crippen molar-refractivity contribution in [2.45, 2.75) is 215 Å². The zero-order valence-electron chi connectivity index (χ0n) is 41.2. The van der Waals surface area contributed by atoms with Gasteiger partial charge in [-0.15, -0.1) is 0 Å². The molecule has 20 N–H and O–H groups in total. The predicted octanol–water partition coefficient (Wildman–Crippen LogP) is -13.9. The van der Waals surface area contributed by atoms with Gasteiger partial charge in [0.1, 0.15) is 165 Å². The number of azide groups is 1. The molecule has 0 unspecified atom stereocenters. The quantitative estimate of drug-likeness (QED) is 0.0610. The molecule has 14 bridgehead atoms. The summed E-state index contributed by atoms with van der Waals surface area (Å²) < 4.78 is 79.9. The Morgan fingerprint density at radius 1 is 0.241 bits per heavy atom. The van der Waals surface area contributed by atoms with Gasteiger partial charge in [-0.1, -0.05) is 5.11 Å². The predicted molar refractivity (Wildman–Crippen MR) is 235 cm³/mol. The maximum Gasteiger partial charge on any atom is 0.187 e. The molecule has 0 amide bonds. The van der Waals surface area contributed by atoms with Crippen molar-refractivity contribution in [1.29, 1.82) is 0 Å². The summed E-state index contributed by atoms with van der Waals surface area (Å²) in [6.07, 6.45) is -70.7. The number of rotatable bonds is 8. The van der Waals surface area contributed by atoms with Crippen LogP contribution in [0, 0.1) is 0 Å². The van der Waals surface area contributed by atoms with Gasteiger partial charge in [-0.3, -0.25) is 0 Å². The van der Waals surface area contributed by atoms with Crippen LogP contribution in [0.5, 0.6) is 0 Å². The molecule has 456 valence electrons. The molecule has 37 nitrogen and oxygen atoms in total. The number of hydrogen-bond acceptors (Lipinski definition) is 35. The first kappa shape index (κ1) is 63.0. The van der Waals surface area contributed by atoms with E-state index in [0.29, 0.717) is 0 Å². The fourth-order valence-electron chi connectivity index (χ4n) is 10.5. The normalized spacial score (nSPS) is 54.1. The Morgan fingerprint density at radius 3 is 0.544 bits per heavy atom. The molecular weight excluding hydrogens is 1090 g/mol. The molecule has 0 saturated carbocycles. The van der Waals surface area contributed by atoms with Crippen molar-refractivity contribution in [3.63, 3.8) is 0 Å². The molecular formula is C42H69N3O34. The second kappa shape index (κ2) is 26.9. The number of ether oxygens (including phenoxy) is 14. The molecule has 79 heavy (non-hydrogen) atoms. The van der Waals surface area contributed by atoms with Crippen LogP contribution in [0.15, 0.2) is 5.11 Å². The molecule has 21 heterocycles. The fourth-order valence-corrected chi connectivity index (χ4v) is 10.5. The highest BCUT2D eigenvalue weighted by atomic mass is 16.8. The van der Waals surface area contributed by atoms with E-state index >= 15 is 0 Å². The molecule has 0 aliphatic carbocycles. The van der Waals surface area contributed by atoms with E-state index in [0.717, 1.165) is 0 Å². The summed E-state index contributed by atoms with van der Waals surface area (Å²) in [6, 6.07) is 0. The van der Waals surface area contributed by atoms with Crippen LogP contribution in [-0.4, -0.2) is 363 Å². The number of nitrogens with zero attached hydrogens (tertiary/aromatic N) is 3. The second-order valence-corrected chi connectivity index (χ2v) is 19.9. The summed E-state index contributed by atoms with van der Waals surface area (Å²) in [5, 5.41) is 224. The summed E-state index contributed by atoms with van der Waals surface area (Å²) >= 11 is 0. The van der Waals surface area contributed by atoms with Gasteiger partial charge in [-0.25, -0.2) is 0 Å². The van der Waals surface area contributed by atoms with E-state index in [2.05, 4.69) is 10.0 Å². The Kier molecular flexibility index (Phi) is 21.4. The zero-order valence-corrected chi connectivity index (χ0v) is 41.2. The highest BCUT2D eigenvalue weighted by Crippen LogP contribution is 2.39. The minimum Gasteiger partial charge on any atom is -0.394 e.